The quantitative estimate of drug-likeness (QED) is 0.675. The van der Waals surface area contributed by atoms with Gasteiger partial charge >= 0.3 is 6.36 Å². The number of benzene rings is 1. The fourth-order valence-corrected chi connectivity index (χ4v) is 3.31. The maximum Gasteiger partial charge on any atom is 0.573 e. The van der Waals surface area contributed by atoms with Gasteiger partial charge in [0.1, 0.15) is 11.5 Å². The van der Waals surface area contributed by atoms with Crippen LogP contribution in [0.5, 0.6) is 11.5 Å². The Balaban J connectivity index is 1.94. The smallest absolute Gasteiger partial charge is 0.502 e. The second kappa shape index (κ2) is 9.40. The summed E-state index contributed by atoms with van der Waals surface area (Å²) >= 11 is 0. The van der Waals surface area contributed by atoms with E-state index in [1.165, 1.54) is 12.1 Å². The average molecular weight is 442 g/mol. The van der Waals surface area contributed by atoms with Gasteiger partial charge in [0.25, 0.3) is 0 Å². The predicted octanol–water partition coefficient (Wildman–Crippen LogP) is 2.08. The molecule has 1 aliphatic heterocycles. The fraction of sp³-hybridized carbons (Fsp3) is 0.400. The first-order valence-corrected chi connectivity index (χ1v) is 9.42. The number of halogens is 3. The molecule has 2 heterocycles. The number of carbonyl (C=O) groups excluding carboxylic acids is 1. The minimum absolute atomic E-state index is 0.181. The topological polar surface area (TPSA) is 115 Å². The minimum Gasteiger partial charge on any atom is -0.502 e. The summed E-state index contributed by atoms with van der Waals surface area (Å²) in [6.07, 6.45) is -5.19. The highest BCUT2D eigenvalue weighted by molar-refractivity contribution is 5.75. The molecule has 0 bridgehead atoms. The van der Waals surface area contributed by atoms with Gasteiger partial charge in [0.05, 0.1) is 25.7 Å². The van der Waals surface area contributed by atoms with Crippen LogP contribution < -0.4 is 15.9 Å². The molecule has 0 aliphatic carbocycles. The number of hydrogen-bond acceptors (Lipinski definition) is 7. The molecule has 11 heteroatoms. The largest absolute Gasteiger partial charge is 0.573 e. The summed E-state index contributed by atoms with van der Waals surface area (Å²) in [5.41, 5.74) is 4.94. The molecule has 3 rings (SSSR count). The lowest BCUT2D eigenvalue weighted by molar-refractivity contribution is -0.274. The molecular formula is C20H21F3N2O6. The van der Waals surface area contributed by atoms with Gasteiger partial charge < -0.3 is 24.7 Å². The average Bonchev–Trinajstić information content (AvgIpc) is 2.69. The van der Waals surface area contributed by atoms with Crippen LogP contribution in [-0.4, -0.2) is 48.6 Å². The van der Waals surface area contributed by atoms with Crippen molar-refractivity contribution in [1.82, 2.24) is 4.90 Å². The summed E-state index contributed by atoms with van der Waals surface area (Å²) in [5.74, 6) is -2.78. The molecule has 1 atom stereocenters. The predicted molar refractivity (Wildman–Crippen MR) is 102 cm³/mol. The maximum atomic E-state index is 12.4. The number of amides is 1. The summed E-state index contributed by atoms with van der Waals surface area (Å²) in [6.45, 7) is 2.61. The third kappa shape index (κ3) is 6.22. The second-order valence-electron chi connectivity index (χ2n) is 7.02. The van der Waals surface area contributed by atoms with Crippen molar-refractivity contribution in [3.05, 3.63) is 57.6 Å². The van der Waals surface area contributed by atoms with E-state index in [0.29, 0.717) is 31.9 Å². The van der Waals surface area contributed by atoms with Crippen molar-refractivity contribution in [2.75, 3.05) is 26.3 Å². The highest BCUT2D eigenvalue weighted by atomic mass is 19.4. The first kappa shape index (κ1) is 22.6. The van der Waals surface area contributed by atoms with Crippen molar-refractivity contribution in [1.29, 1.82) is 0 Å². The third-order valence-corrected chi connectivity index (χ3v) is 4.72. The van der Waals surface area contributed by atoms with Gasteiger partial charge in [-0.25, -0.2) is 0 Å². The highest BCUT2D eigenvalue weighted by Gasteiger charge is 2.31. The Morgan fingerprint density at radius 2 is 1.87 bits per heavy atom. The molecule has 8 nitrogen and oxygen atoms in total. The number of primary amides is 1. The zero-order valence-electron chi connectivity index (χ0n) is 16.4. The van der Waals surface area contributed by atoms with Crippen LogP contribution in [0.4, 0.5) is 13.2 Å². The van der Waals surface area contributed by atoms with E-state index in [2.05, 4.69) is 4.74 Å². The van der Waals surface area contributed by atoms with Crippen LogP contribution in [0, 0.1) is 0 Å². The molecule has 3 N–H and O–H groups in total. The Labute approximate surface area is 175 Å². The molecule has 1 fully saturated rings. The molecule has 1 aromatic carbocycles. The second-order valence-corrected chi connectivity index (χ2v) is 7.02. The number of rotatable bonds is 7. The minimum atomic E-state index is -4.85. The van der Waals surface area contributed by atoms with E-state index in [1.807, 2.05) is 4.90 Å². The molecule has 0 unspecified atom stereocenters. The monoisotopic (exact) mass is 442 g/mol. The number of nitrogens with zero attached hydrogens (tertiary/aromatic N) is 1. The summed E-state index contributed by atoms with van der Waals surface area (Å²) in [5, 5.41) is 10.3. The standard InChI is InChI=1S/C20H21F3N2O6/c21-20(22,23)31-13-3-1-12(2-4-13)15(10-17(24)27)19-18(28)16(26)9-14(30-19)11-25-5-7-29-8-6-25/h1-4,9,15,28H,5-8,10-11H2,(H2,24,27)/t15-/m1/s1. The molecule has 0 radical (unpaired) electrons. The van der Waals surface area contributed by atoms with Gasteiger partial charge in [-0.3, -0.25) is 14.5 Å². The zero-order valence-corrected chi connectivity index (χ0v) is 16.4. The van der Waals surface area contributed by atoms with Crippen molar-refractivity contribution in [2.45, 2.75) is 25.2 Å². The van der Waals surface area contributed by atoms with E-state index < -0.39 is 35.1 Å². The lowest BCUT2D eigenvalue weighted by atomic mass is 9.92. The van der Waals surface area contributed by atoms with Gasteiger partial charge in [0, 0.05) is 25.6 Å². The van der Waals surface area contributed by atoms with E-state index in [1.54, 1.807) is 0 Å². The van der Waals surface area contributed by atoms with Crippen molar-refractivity contribution in [3.8, 4) is 11.5 Å². The van der Waals surface area contributed by atoms with Crippen LogP contribution in [0.15, 0.2) is 39.5 Å². The SMILES string of the molecule is NC(=O)C[C@H](c1ccc(OC(F)(F)F)cc1)c1oc(CN2CCOCC2)cc(=O)c1O. The van der Waals surface area contributed by atoms with Crippen molar-refractivity contribution in [2.24, 2.45) is 5.73 Å². The van der Waals surface area contributed by atoms with Crippen LogP contribution in [0.3, 0.4) is 0 Å². The highest BCUT2D eigenvalue weighted by Crippen LogP contribution is 2.34. The normalized spacial score (nSPS) is 16.1. The van der Waals surface area contributed by atoms with E-state index in [0.717, 1.165) is 18.2 Å². The van der Waals surface area contributed by atoms with E-state index in [4.69, 9.17) is 14.9 Å². The van der Waals surface area contributed by atoms with Gasteiger partial charge in [-0.15, -0.1) is 13.2 Å². The van der Waals surface area contributed by atoms with Gasteiger partial charge in [-0.1, -0.05) is 12.1 Å². The third-order valence-electron chi connectivity index (χ3n) is 4.72. The summed E-state index contributed by atoms with van der Waals surface area (Å²) in [4.78, 5) is 25.9. The molecule has 168 valence electrons. The van der Waals surface area contributed by atoms with Crippen LogP contribution in [0.25, 0.3) is 0 Å². The Bertz CT molecular complexity index is 968. The summed E-state index contributed by atoms with van der Waals surface area (Å²) in [6, 6.07) is 5.84. The molecule has 1 aromatic heterocycles. The number of morpholine rings is 1. The van der Waals surface area contributed by atoms with Crippen molar-refractivity contribution in [3.63, 3.8) is 0 Å². The molecule has 1 aliphatic rings. The Kier molecular flexibility index (Phi) is 6.86. The van der Waals surface area contributed by atoms with Crippen molar-refractivity contribution >= 4 is 5.91 Å². The summed E-state index contributed by atoms with van der Waals surface area (Å²) in [7, 11) is 0. The van der Waals surface area contributed by atoms with E-state index in [-0.39, 0.29) is 24.5 Å². The number of carbonyl (C=O) groups is 1. The van der Waals surface area contributed by atoms with Crippen molar-refractivity contribution < 1.29 is 37.0 Å². The number of ether oxygens (including phenoxy) is 2. The maximum absolute atomic E-state index is 12.4. The fourth-order valence-electron chi connectivity index (χ4n) is 3.31. The number of aromatic hydroxyl groups is 1. The Morgan fingerprint density at radius 1 is 1.23 bits per heavy atom. The van der Waals surface area contributed by atoms with Gasteiger partial charge in [0.2, 0.25) is 17.1 Å². The lowest BCUT2D eigenvalue weighted by Gasteiger charge is -2.26. The zero-order chi connectivity index (χ0) is 22.6. The molecule has 2 aromatic rings. The number of hydrogen-bond donors (Lipinski definition) is 2. The van der Waals surface area contributed by atoms with E-state index >= 15 is 0 Å². The van der Waals surface area contributed by atoms with Crippen LogP contribution in [0.2, 0.25) is 0 Å². The molecule has 31 heavy (non-hydrogen) atoms. The van der Waals surface area contributed by atoms with Crippen LogP contribution in [-0.2, 0) is 16.1 Å². The molecule has 1 amide bonds. The van der Waals surface area contributed by atoms with E-state index in [9.17, 15) is 27.9 Å². The molecule has 0 spiro atoms. The molecular weight excluding hydrogens is 421 g/mol. The van der Waals surface area contributed by atoms with Crippen LogP contribution >= 0.6 is 0 Å². The first-order chi connectivity index (χ1) is 14.6. The molecule has 1 saturated heterocycles. The van der Waals surface area contributed by atoms with Gasteiger partial charge in [0.15, 0.2) is 5.76 Å². The lowest BCUT2D eigenvalue weighted by Crippen LogP contribution is -2.35. The van der Waals surface area contributed by atoms with Gasteiger partial charge in [-0.05, 0) is 17.7 Å². The summed E-state index contributed by atoms with van der Waals surface area (Å²) < 4.78 is 52.1. The molecule has 0 saturated carbocycles. The Morgan fingerprint density at radius 3 is 2.45 bits per heavy atom. The van der Waals surface area contributed by atoms with Gasteiger partial charge in [-0.2, -0.15) is 0 Å². The Hall–Kier alpha value is -3.05. The number of nitrogens with two attached hydrogens (primary N) is 1. The number of alkyl halides is 3. The first-order valence-electron chi connectivity index (χ1n) is 9.42. The van der Waals surface area contributed by atoms with Crippen LogP contribution in [0.1, 0.15) is 29.4 Å².